The summed E-state index contributed by atoms with van der Waals surface area (Å²) in [7, 11) is 0. The summed E-state index contributed by atoms with van der Waals surface area (Å²) in [5, 5.41) is 0. The molecule has 0 fully saturated rings. The van der Waals surface area contributed by atoms with Crippen molar-refractivity contribution >= 4 is 11.0 Å². The second kappa shape index (κ2) is 4.18. The highest BCUT2D eigenvalue weighted by molar-refractivity contribution is 5.75. The highest BCUT2D eigenvalue weighted by Gasteiger charge is 2.13. The van der Waals surface area contributed by atoms with Crippen LogP contribution in [0.5, 0.6) is 0 Å². The van der Waals surface area contributed by atoms with Gasteiger partial charge in [-0.25, -0.2) is 4.79 Å². The van der Waals surface area contributed by atoms with Crippen LogP contribution in [0.3, 0.4) is 0 Å². The molecule has 0 radical (unpaired) electrons. The van der Waals surface area contributed by atoms with Crippen LogP contribution in [0.1, 0.15) is 18.5 Å². The Morgan fingerprint density at radius 3 is 2.44 bits per heavy atom. The standard InChI is InChI=1S/C15H14N2O/c1-11(12-7-3-2-4-8-12)17-14-10-6-5-9-13(14)16-15(17)18/h2-11H,1H3,(H,16,18)/t11-/m0/s1. The molecule has 1 atom stereocenters. The fourth-order valence-corrected chi connectivity index (χ4v) is 2.34. The molecule has 0 saturated heterocycles. The van der Waals surface area contributed by atoms with Crippen molar-refractivity contribution in [3.05, 3.63) is 70.6 Å². The molecule has 0 bridgehead atoms. The van der Waals surface area contributed by atoms with E-state index in [9.17, 15) is 4.79 Å². The van der Waals surface area contributed by atoms with Crippen molar-refractivity contribution in [2.75, 3.05) is 0 Å². The van der Waals surface area contributed by atoms with Gasteiger partial charge in [-0.2, -0.15) is 0 Å². The first-order valence-corrected chi connectivity index (χ1v) is 6.01. The van der Waals surface area contributed by atoms with Crippen molar-refractivity contribution < 1.29 is 0 Å². The van der Waals surface area contributed by atoms with E-state index in [0.29, 0.717) is 0 Å². The number of para-hydroxylation sites is 2. The van der Waals surface area contributed by atoms with Crippen LogP contribution in [-0.2, 0) is 0 Å². The summed E-state index contributed by atoms with van der Waals surface area (Å²) in [5.41, 5.74) is 2.89. The highest BCUT2D eigenvalue weighted by atomic mass is 16.1. The van der Waals surface area contributed by atoms with E-state index in [1.807, 2.05) is 61.5 Å². The normalized spacial score (nSPS) is 12.7. The molecule has 2 aromatic carbocycles. The van der Waals surface area contributed by atoms with E-state index in [4.69, 9.17) is 0 Å². The van der Waals surface area contributed by atoms with Crippen LogP contribution in [0, 0.1) is 0 Å². The molecule has 0 unspecified atom stereocenters. The van der Waals surface area contributed by atoms with E-state index in [1.165, 1.54) is 0 Å². The number of nitrogens with one attached hydrogen (secondary N) is 1. The molecular weight excluding hydrogens is 224 g/mol. The van der Waals surface area contributed by atoms with Gasteiger partial charge in [-0.1, -0.05) is 42.5 Å². The van der Waals surface area contributed by atoms with Crippen LogP contribution in [0.2, 0.25) is 0 Å². The molecule has 0 amide bonds. The third kappa shape index (κ3) is 1.64. The Morgan fingerprint density at radius 2 is 1.67 bits per heavy atom. The van der Waals surface area contributed by atoms with Gasteiger partial charge in [-0.15, -0.1) is 0 Å². The summed E-state index contributed by atoms with van der Waals surface area (Å²) < 4.78 is 1.80. The highest BCUT2D eigenvalue weighted by Crippen LogP contribution is 2.20. The number of H-pyrrole nitrogens is 1. The fourth-order valence-electron chi connectivity index (χ4n) is 2.34. The maximum absolute atomic E-state index is 12.1. The summed E-state index contributed by atoms with van der Waals surface area (Å²) in [6.45, 7) is 2.04. The first kappa shape index (κ1) is 10.8. The number of hydrogen-bond acceptors (Lipinski definition) is 1. The van der Waals surface area contributed by atoms with E-state index in [1.54, 1.807) is 4.57 Å². The van der Waals surface area contributed by atoms with Crippen molar-refractivity contribution in [2.24, 2.45) is 0 Å². The Kier molecular flexibility index (Phi) is 2.52. The van der Waals surface area contributed by atoms with Crippen molar-refractivity contribution in [2.45, 2.75) is 13.0 Å². The lowest BCUT2D eigenvalue weighted by atomic mass is 10.1. The van der Waals surface area contributed by atoms with Gasteiger partial charge in [-0.05, 0) is 24.6 Å². The maximum Gasteiger partial charge on any atom is 0.327 e. The number of aromatic amines is 1. The molecule has 0 aliphatic carbocycles. The Balaban J connectivity index is 2.20. The predicted molar refractivity (Wildman–Crippen MR) is 72.8 cm³/mol. The lowest BCUT2D eigenvalue weighted by Gasteiger charge is -2.13. The van der Waals surface area contributed by atoms with Crippen molar-refractivity contribution in [1.29, 1.82) is 0 Å². The molecule has 3 heteroatoms. The van der Waals surface area contributed by atoms with Crippen LogP contribution >= 0.6 is 0 Å². The summed E-state index contributed by atoms with van der Waals surface area (Å²) in [4.78, 5) is 14.9. The van der Waals surface area contributed by atoms with E-state index in [0.717, 1.165) is 16.6 Å². The van der Waals surface area contributed by atoms with Gasteiger partial charge in [0.2, 0.25) is 0 Å². The van der Waals surface area contributed by atoms with Gasteiger partial charge in [0.1, 0.15) is 0 Å². The number of rotatable bonds is 2. The molecular formula is C15H14N2O. The zero-order valence-corrected chi connectivity index (χ0v) is 10.1. The second-order valence-electron chi connectivity index (χ2n) is 4.40. The maximum atomic E-state index is 12.1. The minimum atomic E-state index is -0.0625. The van der Waals surface area contributed by atoms with E-state index in [-0.39, 0.29) is 11.7 Å². The summed E-state index contributed by atoms with van der Waals surface area (Å²) >= 11 is 0. The minimum absolute atomic E-state index is 0.0230. The number of imidazole rings is 1. The van der Waals surface area contributed by atoms with Crippen LogP contribution in [0.15, 0.2) is 59.4 Å². The molecule has 90 valence electrons. The van der Waals surface area contributed by atoms with Crippen LogP contribution < -0.4 is 5.69 Å². The average molecular weight is 238 g/mol. The first-order chi connectivity index (χ1) is 8.77. The number of aromatic nitrogens is 2. The van der Waals surface area contributed by atoms with E-state index < -0.39 is 0 Å². The number of nitrogens with zero attached hydrogens (tertiary/aromatic N) is 1. The number of hydrogen-bond donors (Lipinski definition) is 1. The van der Waals surface area contributed by atoms with Crippen molar-refractivity contribution in [3.63, 3.8) is 0 Å². The van der Waals surface area contributed by atoms with Crippen LogP contribution in [-0.4, -0.2) is 9.55 Å². The summed E-state index contributed by atoms with van der Waals surface area (Å²) in [6.07, 6.45) is 0. The Bertz CT molecular complexity index is 725. The molecule has 1 heterocycles. The lowest BCUT2D eigenvalue weighted by molar-refractivity contribution is 0.635. The second-order valence-corrected chi connectivity index (χ2v) is 4.40. The van der Waals surface area contributed by atoms with Gasteiger partial charge >= 0.3 is 5.69 Å². The quantitative estimate of drug-likeness (QED) is 0.732. The summed E-state index contributed by atoms with van der Waals surface area (Å²) in [6, 6.07) is 17.8. The van der Waals surface area contributed by atoms with Crippen molar-refractivity contribution in [3.8, 4) is 0 Å². The van der Waals surface area contributed by atoms with E-state index >= 15 is 0 Å². The molecule has 3 rings (SSSR count). The van der Waals surface area contributed by atoms with Crippen LogP contribution in [0.4, 0.5) is 0 Å². The molecule has 1 aromatic heterocycles. The lowest BCUT2D eigenvalue weighted by Crippen LogP contribution is -2.21. The Hall–Kier alpha value is -2.29. The van der Waals surface area contributed by atoms with Crippen LogP contribution in [0.25, 0.3) is 11.0 Å². The SMILES string of the molecule is C[C@@H](c1ccccc1)n1c(=O)[nH]c2ccccc21. The van der Waals surface area contributed by atoms with Gasteiger partial charge in [0.15, 0.2) is 0 Å². The minimum Gasteiger partial charge on any atom is -0.306 e. The molecule has 18 heavy (non-hydrogen) atoms. The van der Waals surface area contributed by atoms with Gasteiger partial charge in [0.25, 0.3) is 0 Å². The van der Waals surface area contributed by atoms with Crippen molar-refractivity contribution in [1.82, 2.24) is 9.55 Å². The average Bonchev–Trinajstić information content (AvgIpc) is 2.75. The topological polar surface area (TPSA) is 37.8 Å². The Morgan fingerprint density at radius 1 is 1.00 bits per heavy atom. The molecule has 3 nitrogen and oxygen atoms in total. The molecule has 0 aliphatic rings. The molecule has 0 saturated carbocycles. The third-order valence-corrected chi connectivity index (χ3v) is 3.29. The van der Waals surface area contributed by atoms with Gasteiger partial charge in [0.05, 0.1) is 17.1 Å². The largest absolute Gasteiger partial charge is 0.327 e. The monoisotopic (exact) mass is 238 g/mol. The van der Waals surface area contributed by atoms with Gasteiger partial charge in [-0.3, -0.25) is 4.57 Å². The smallest absolute Gasteiger partial charge is 0.306 e. The first-order valence-electron chi connectivity index (χ1n) is 6.01. The molecule has 0 spiro atoms. The fraction of sp³-hybridized carbons (Fsp3) is 0.133. The van der Waals surface area contributed by atoms with Gasteiger partial charge in [0, 0.05) is 0 Å². The van der Waals surface area contributed by atoms with Gasteiger partial charge < -0.3 is 4.98 Å². The molecule has 3 aromatic rings. The van der Waals surface area contributed by atoms with E-state index in [2.05, 4.69) is 4.98 Å². The molecule has 1 N–H and O–H groups in total. The predicted octanol–water partition coefficient (Wildman–Crippen LogP) is 2.94. The Labute approximate surface area is 105 Å². The molecule has 0 aliphatic heterocycles. The zero-order chi connectivity index (χ0) is 12.5. The summed E-state index contributed by atoms with van der Waals surface area (Å²) in [5.74, 6) is 0. The number of fused-ring (bicyclic) bond motifs is 1. The number of benzene rings is 2. The third-order valence-electron chi connectivity index (χ3n) is 3.29. The zero-order valence-electron chi connectivity index (χ0n) is 10.1.